The minimum Gasteiger partial charge on any atom is -0.464 e. The molecule has 6 bridgehead atoms. The summed E-state index contributed by atoms with van der Waals surface area (Å²) in [6, 6.07) is 7.02. The van der Waals surface area contributed by atoms with Crippen LogP contribution in [-0.4, -0.2) is 121 Å². The number of thioether (sulfide) groups is 1. The van der Waals surface area contributed by atoms with Gasteiger partial charge in [-0.05, 0) is 69.5 Å². The van der Waals surface area contributed by atoms with E-state index in [4.69, 9.17) is 19.5 Å². The molecule has 7 rings (SSSR count). The lowest BCUT2D eigenvalue weighted by Gasteiger charge is -2.35. The Kier molecular flexibility index (Phi) is 12.4. The van der Waals surface area contributed by atoms with E-state index in [0.29, 0.717) is 38.1 Å². The number of alkyl halides is 2. The van der Waals surface area contributed by atoms with Gasteiger partial charge in [-0.3, -0.25) is 29.9 Å². The van der Waals surface area contributed by atoms with Crippen molar-refractivity contribution in [2.75, 3.05) is 70.7 Å². The summed E-state index contributed by atoms with van der Waals surface area (Å²) in [5.74, 6) is -0.146. The van der Waals surface area contributed by atoms with Crippen LogP contribution < -0.4 is 15.6 Å². The number of halogens is 2. The van der Waals surface area contributed by atoms with Gasteiger partial charge in [-0.25, -0.2) is 14.2 Å². The fraction of sp³-hybridized carbons (Fsp3) is 0.610. The Morgan fingerprint density at radius 3 is 2.66 bits per heavy atom. The second-order valence-corrected chi connectivity index (χ2v) is 17.4. The van der Waals surface area contributed by atoms with Crippen LogP contribution >= 0.6 is 11.8 Å². The molecule has 3 aromatic rings. The number of aromatic nitrogens is 2. The molecule has 1 unspecified atom stereocenters. The summed E-state index contributed by atoms with van der Waals surface area (Å²) >= 11 is 1.56. The number of anilines is 1. The molecule has 0 saturated carbocycles. The summed E-state index contributed by atoms with van der Waals surface area (Å²) in [7, 11) is 3.87. The highest BCUT2D eigenvalue weighted by Crippen LogP contribution is 2.43. The van der Waals surface area contributed by atoms with Crippen LogP contribution in [0.3, 0.4) is 0 Å². The number of ether oxygens (including phenoxy) is 2. The minimum absolute atomic E-state index is 0.155. The van der Waals surface area contributed by atoms with Gasteiger partial charge in [-0.2, -0.15) is 0 Å². The molecule has 2 saturated heterocycles. The molecule has 56 heavy (non-hydrogen) atoms. The number of hydrazine groups is 1. The number of aliphatic imine (C=N–C) groups is 1. The standard InChI is InChI=1S/C41H56F2N8O4S/c1-7-50-34-11-10-26-17-28(34)30(38(50)29-18-27(21-45-37(29)25(2)54-6)49-15-13-48(5)14-16-49)20-41(3,4)24-55-40(53)31-9-8-12-51(47-31)39(52)32(44-22-35(42)43)19-36-46-33(26)23-56-36/h10-11,17-18,21,25,31-33,35,44,47H,7-9,12-16,19-20,22-24H2,1-6H3/t25-,31-,32-,33?/m0/s1. The largest absolute Gasteiger partial charge is 0.464 e. The van der Waals surface area contributed by atoms with Gasteiger partial charge in [-0.1, -0.05) is 19.9 Å². The molecule has 2 aromatic heterocycles. The normalized spacial score (nSPS) is 24.4. The van der Waals surface area contributed by atoms with Gasteiger partial charge in [0.1, 0.15) is 6.04 Å². The van der Waals surface area contributed by atoms with Gasteiger partial charge < -0.3 is 23.8 Å². The summed E-state index contributed by atoms with van der Waals surface area (Å²) in [5.41, 5.74) is 9.91. The Morgan fingerprint density at radius 2 is 1.93 bits per heavy atom. The zero-order chi connectivity index (χ0) is 39.7. The summed E-state index contributed by atoms with van der Waals surface area (Å²) in [6.45, 7) is 12.8. The number of piperazine rings is 1. The number of nitrogens with zero attached hydrogens (tertiary/aromatic N) is 6. The summed E-state index contributed by atoms with van der Waals surface area (Å²) in [6.07, 6.45) is 0.945. The Hall–Kier alpha value is -3.63. The number of carbonyl (C=O) groups excluding carboxylic acids is 2. The molecule has 6 heterocycles. The molecule has 0 aliphatic carbocycles. The van der Waals surface area contributed by atoms with E-state index in [1.807, 2.05) is 13.1 Å². The molecule has 0 radical (unpaired) electrons. The number of pyridine rings is 1. The summed E-state index contributed by atoms with van der Waals surface area (Å²) in [5, 5.41) is 6.02. The SMILES string of the molecule is CCn1c(-c2cc(N3CCN(C)CC3)cnc2[C@H](C)OC)c2c3cc(ccc31)C1CSC(=N1)C[C@H](NCC(F)F)C(=O)N1CCC[C@H](N1)C(=O)OCC(C)(C)C2. The number of fused-ring (bicyclic) bond motifs is 5. The molecular weight excluding hydrogens is 739 g/mol. The molecule has 15 heteroatoms. The number of methoxy groups -OCH3 is 1. The van der Waals surface area contributed by atoms with Crippen LogP contribution in [-0.2, 0) is 32.0 Å². The lowest BCUT2D eigenvalue weighted by atomic mass is 9.84. The third-order valence-corrected chi connectivity index (χ3v) is 12.6. The number of esters is 1. The highest BCUT2D eigenvalue weighted by atomic mass is 32.2. The van der Waals surface area contributed by atoms with Crippen molar-refractivity contribution in [3.63, 3.8) is 0 Å². The third-order valence-electron chi connectivity index (χ3n) is 11.6. The van der Waals surface area contributed by atoms with Crippen LogP contribution in [0.4, 0.5) is 14.5 Å². The van der Waals surface area contributed by atoms with Crippen LogP contribution in [0.5, 0.6) is 0 Å². The summed E-state index contributed by atoms with van der Waals surface area (Å²) in [4.78, 5) is 42.4. The first-order valence-electron chi connectivity index (χ1n) is 19.9. The fourth-order valence-electron chi connectivity index (χ4n) is 8.35. The van der Waals surface area contributed by atoms with Gasteiger partial charge in [0.15, 0.2) is 0 Å². The Balaban J connectivity index is 1.37. The Bertz CT molecular complexity index is 1950. The van der Waals surface area contributed by atoms with E-state index in [1.165, 1.54) is 5.01 Å². The van der Waals surface area contributed by atoms with E-state index in [-0.39, 0.29) is 31.1 Å². The number of nitrogens with one attached hydrogen (secondary N) is 2. The molecule has 2 fully saturated rings. The maximum Gasteiger partial charge on any atom is 0.324 e. The summed E-state index contributed by atoms with van der Waals surface area (Å²) < 4.78 is 41.2. The minimum atomic E-state index is -2.62. The average molecular weight is 795 g/mol. The van der Waals surface area contributed by atoms with Gasteiger partial charge in [0.2, 0.25) is 0 Å². The molecule has 304 valence electrons. The monoisotopic (exact) mass is 794 g/mol. The molecular formula is C41H56F2N8O4S. The average Bonchev–Trinajstić information content (AvgIpc) is 3.79. The first kappa shape index (κ1) is 40.6. The van der Waals surface area contributed by atoms with Crippen molar-refractivity contribution in [1.82, 2.24) is 30.2 Å². The maximum absolute atomic E-state index is 13.8. The predicted octanol–water partition coefficient (Wildman–Crippen LogP) is 5.60. The number of amides is 1. The molecule has 1 aromatic carbocycles. The van der Waals surface area contributed by atoms with E-state index in [9.17, 15) is 18.4 Å². The number of carbonyl (C=O) groups is 2. The van der Waals surface area contributed by atoms with Crippen LogP contribution in [0.15, 0.2) is 35.5 Å². The molecule has 4 atom stereocenters. The first-order chi connectivity index (χ1) is 26.8. The number of rotatable bonds is 8. The van der Waals surface area contributed by atoms with Crippen LogP contribution in [0, 0.1) is 5.41 Å². The van der Waals surface area contributed by atoms with Gasteiger partial charge in [0.25, 0.3) is 12.3 Å². The van der Waals surface area contributed by atoms with E-state index in [0.717, 1.165) is 75.9 Å². The van der Waals surface area contributed by atoms with Gasteiger partial charge >= 0.3 is 5.97 Å². The third kappa shape index (κ3) is 8.62. The lowest BCUT2D eigenvalue weighted by Crippen LogP contribution is -2.60. The van der Waals surface area contributed by atoms with E-state index in [1.54, 1.807) is 18.9 Å². The number of hydrogen-bond acceptors (Lipinski definition) is 11. The van der Waals surface area contributed by atoms with E-state index < -0.39 is 36.4 Å². The molecule has 2 N–H and O–H groups in total. The first-order valence-corrected chi connectivity index (χ1v) is 20.9. The second kappa shape index (κ2) is 17.1. The van der Waals surface area contributed by atoms with Crippen molar-refractivity contribution in [1.29, 1.82) is 0 Å². The van der Waals surface area contributed by atoms with Crippen LogP contribution in [0.1, 0.15) is 75.9 Å². The molecule has 4 aliphatic rings. The van der Waals surface area contributed by atoms with E-state index in [2.05, 4.69) is 77.2 Å². The number of benzene rings is 1. The lowest BCUT2D eigenvalue weighted by molar-refractivity contribution is -0.155. The maximum atomic E-state index is 13.8. The molecule has 0 spiro atoms. The van der Waals surface area contributed by atoms with Crippen molar-refractivity contribution in [2.24, 2.45) is 10.4 Å². The zero-order valence-corrected chi connectivity index (χ0v) is 34.3. The molecule has 12 nitrogen and oxygen atoms in total. The van der Waals surface area contributed by atoms with E-state index >= 15 is 0 Å². The number of aryl methyl sites for hydroxylation is 1. The van der Waals surface area contributed by atoms with Crippen LogP contribution in [0.2, 0.25) is 0 Å². The smallest absolute Gasteiger partial charge is 0.324 e. The quantitative estimate of drug-likeness (QED) is 0.279. The Labute approximate surface area is 332 Å². The Morgan fingerprint density at radius 1 is 1.14 bits per heavy atom. The predicted molar refractivity (Wildman–Crippen MR) is 217 cm³/mol. The fourth-order valence-corrected chi connectivity index (χ4v) is 9.45. The molecule has 4 aliphatic heterocycles. The number of hydrogen-bond donors (Lipinski definition) is 2. The van der Waals surface area contributed by atoms with Crippen molar-refractivity contribution >= 4 is 45.3 Å². The van der Waals surface area contributed by atoms with Crippen molar-refractivity contribution in [2.45, 2.75) is 90.6 Å². The van der Waals surface area contributed by atoms with Crippen molar-refractivity contribution in [3.05, 3.63) is 47.3 Å². The molecule has 1 amide bonds. The van der Waals surface area contributed by atoms with Gasteiger partial charge in [0, 0.05) is 80.4 Å². The number of likely N-dealkylation sites (N-methyl/N-ethyl adjacent to an activating group) is 1. The van der Waals surface area contributed by atoms with Crippen molar-refractivity contribution in [3.8, 4) is 11.3 Å². The zero-order valence-electron chi connectivity index (χ0n) is 33.4. The van der Waals surface area contributed by atoms with Gasteiger partial charge in [-0.15, -0.1) is 11.8 Å². The number of cyclic esters (lactones) is 1. The topological polar surface area (TPSA) is 117 Å². The highest BCUT2D eigenvalue weighted by molar-refractivity contribution is 8.14. The highest BCUT2D eigenvalue weighted by Gasteiger charge is 2.36. The van der Waals surface area contributed by atoms with Crippen LogP contribution in [0.25, 0.3) is 22.2 Å². The van der Waals surface area contributed by atoms with Crippen molar-refractivity contribution < 1.29 is 27.8 Å². The second-order valence-electron chi connectivity index (χ2n) is 16.3. The van der Waals surface area contributed by atoms with Gasteiger partial charge in [0.05, 0.1) is 59.7 Å².